The summed E-state index contributed by atoms with van der Waals surface area (Å²) in [6.07, 6.45) is 1.50. The lowest BCUT2D eigenvalue weighted by molar-refractivity contribution is -0.390. The molecular formula is C8H8N4O3. The normalized spacial score (nSPS) is 9.60. The fourth-order valence-electron chi connectivity index (χ4n) is 1.01. The van der Waals surface area contributed by atoms with Crippen LogP contribution in [0.25, 0.3) is 0 Å². The molecule has 0 saturated heterocycles. The van der Waals surface area contributed by atoms with Gasteiger partial charge in [0.1, 0.15) is 11.9 Å². The largest absolute Gasteiger partial charge is 0.407 e. The molecule has 0 amide bonds. The average Bonchev–Trinajstić information content (AvgIpc) is 2.57. The topological polar surface area (TPSA) is 102 Å². The predicted molar refractivity (Wildman–Crippen MR) is 48.9 cm³/mol. The molecule has 0 atom stereocenters. The standard InChI is InChI=1S/C8H8N4O3/c1-6(13)2-3-11-5-7(4-9)8(10-11)12(14)15/h5H,2-3H2,1H3. The van der Waals surface area contributed by atoms with E-state index in [1.165, 1.54) is 17.8 Å². The van der Waals surface area contributed by atoms with Gasteiger partial charge in [0.25, 0.3) is 0 Å². The molecule has 0 N–H and O–H groups in total. The summed E-state index contributed by atoms with van der Waals surface area (Å²) < 4.78 is 1.23. The van der Waals surface area contributed by atoms with Gasteiger partial charge in [-0.15, -0.1) is 0 Å². The number of nitro groups is 1. The number of hydrogen-bond donors (Lipinski definition) is 0. The highest BCUT2D eigenvalue weighted by Crippen LogP contribution is 2.14. The molecule has 1 aromatic heterocycles. The molecule has 7 heteroatoms. The second kappa shape index (κ2) is 4.32. The fraction of sp³-hybridized carbons (Fsp3) is 0.375. The lowest BCUT2D eigenvalue weighted by Gasteiger charge is -1.91. The van der Waals surface area contributed by atoms with E-state index in [4.69, 9.17) is 5.26 Å². The van der Waals surface area contributed by atoms with Gasteiger partial charge in [-0.05, 0) is 11.8 Å². The number of nitrogens with zero attached hydrogens (tertiary/aromatic N) is 4. The molecule has 0 bridgehead atoms. The molecule has 0 aliphatic heterocycles. The highest BCUT2D eigenvalue weighted by Gasteiger charge is 2.20. The lowest BCUT2D eigenvalue weighted by Crippen LogP contribution is -2.03. The number of rotatable bonds is 4. The van der Waals surface area contributed by atoms with Gasteiger partial charge in [-0.1, -0.05) is 0 Å². The van der Waals surface area contributed by atoms with Crippen molar-refractivity contribution >= 4 is 11.6 Å². The van der Waals surface area contributed by atoms with Crippen molar-refractivity contribution in [2.24, 2.45) is 0 Å². The van der Waals surface area contributed by atoms with Gasteiger partial charge in [-0.3, -0.25) is 4.79 Å². The van der Waals surface area contributed by atoms with Gasteiger partial charge in [0.05, 0.1) is 17.8 Å². The Kier molecular flexibility index (Phi) is 3.13. The minimum atomic E-state index is -0.719. The minimum Gasteiger partial charge on any atom is -0.358 e. The van der Waals surface area contributed by atoms with Gasteiger partial charge < -0.3 is 10.1 Å². The summed E-state index contributed by atoms with van der Waals surface area (Å²) >= 11 is 0. The number of nitriles is 1. The van der Waals surface area contributed by atoms with Crippen LogP contribution in [-0.2, 0) is 11.3 Å². The summed E-state index contributed by atoms with van der Waals surface area (Å²) in [5.41, 5.74) is -0.0939. The van der Waals surface area contributed by atoms with Crippen LogP contribution in [0.5, 0.6) is 0 Å². The summed E-state index contributed by atoms with van der Waals surface area (Å²) in [6.45, 7) is 1.67. The summed E-state index contributed by atoms with van der Waals surface area (Å²) in [5.74, 6) is -0.507. The summed E-state index contributed by atoms with van der Waals surface area (Å²) in [5, 5.41) is 22.6. The zero-order valence-corrected chi connectivity index (χ0v) is 8.01. The smallest absolute Gasteiger partial charge is 0.358 e. The van der Waals surface area contributed by atoms with E-state index in [-0.39, 0.29) is 24.3 Å². The Labute approximate surface area is 85.1 Å². The maximum Gasteiger partial charge on any atom is 0.407 e. The number of aromatic nitrogens is 2. The Morgan fingerprint density at radius 3 is 2.87 bits per heavy atom. The SMILES string of the molecule is CC(=O)CCn1cc(C#N)c([N+](=O)[O-])n1. The number of ketones is 1. The van der Waals surface area contributed by atoms with E-state index in [9.17, 15) is 14.9 Å². The van der Waals surface area contributed by atoms with Crippen LogP contribution < -0.4 is 0 Å². The van der Waals surface area contributed by atoms with Gasteiger partial charge in [0.15, 0.2) is 5.56 Å². The first kappa shape index (κ1) is 10.8. The molecule has 78 valence electrons. The highest BCUT2D eigenvalue weighted by atomic mass is 16.6. The van der Waals surface area contributed by atoms with Crippen LogP contribution in [0.4, 0.5) is 5.82 Å². The molecule has 0 aromatic carbocycles. The first-order valence-electron chi connectivity index (χ1n) is 4.16. The van der Waals surface area contributed by atoms with Crippen LogP contribution in [0, 0.1) is 21.4 Å². The third-order valence-corrected chi connectivity index (χ3v) is 1.73. The summed E-state index contributed by atoms with van der Waals surface area (Å²) in [6, 6.07) is 1.68. The van der Waals surface area contributed by atoms with Crippen molar-refractivity contribution in [1.82, 2.24) is 9.78 Å². The Morgan fingerprint density at radius 2 is 2.47 bits per heavy atom. The molecule has 1 aromatic rings. The Hall–Kier alpha value is -2.23. The number of carbonyl (C=O) groups excluding carboxylic acids is 1. The van der Waals surface area contributed by atoms with E-state index in [1.807, 2.05) is 0 Å². The van der Waals surface area contributed by atoms with Crippen LogP contribution in [0.2, 0.25) is 0 Å². The zero-order valence-electron chi connectivity index (χ0n) is 8.01. The van der Waals surface area contributed by atoms with E-state index in [0.717, 1.165) is 0 Å². The maximum absolute atomic E-state index is 10.7. The van der Waals surface area contributed by atoms with Gasteiger partial charge in [-0.2, -0.15) is 9.94 Å². The van der Waals surface area contributed by atoms with Gasteiger partial charge in [0.2, 0.25) is 0 Å². The lowest BCUT2D eigenvalue weighted by atomic mass is 10.3. The molecule has 15 heavy (non-hydrogen) atoms. The molecule has 0 radical (unpaired) electrons. The molecule has 7 nitrogen and oxygen atoms in total. The van der Waals surface area contributed by atoms with E-state index < -0.39 is 10.7 Å². The molecule has 1 rings (SSSR count). The Balaban J connectivity index is 2.89. The van der Waals surface area contributed by atoms with Crippen LogP contribution in [0.3, 0.4) is 0 Å². The highest BCUT2D eigenvalue weighted by molar-refractivity contribution is 5.75. The van der Waals surface area contributed by atoms with Gasteiger partial charge in [0, 0.05) is 6.42 Å². The van der Waals surface area contributed by atoms with Crippen LogP contribution in [-0.4, -0.2) is 20.5 Å². The van der Waals surface area contributed by atoms with E-state index in [0.29, 0.717) is 0 Å². The molecule has 0 aliphatic carbocycles. The number of carbonyl (C=O) groups is 1. The second-order valence-electron chi connectivity index (χ2n) is 2.95. The van der Waals surface area contributed by atoms with Crippen molar-refractivity contribution in [3.63, 3.8) is 0 Å². The van der Waals surface area contributed by atoms with Crippen LogP contribution in [0.1, 0.15) is 18.9 Å². The van der Waals surface area contributed by atoms with Crippen LogP contribution >= 0.6 is 0 Å². The van der Waals surface area contributed by atoms with Crippen LogP contribution in [0.15, 0.2) is 6.20 Å². The molecule has 0 spiro atoms. The molecule has 1 heterocycles. The van der Waals surface area contributed by atoms with E-state index in [2.05, 4.69) is 5.10 Å². The van der Waals surface area contributed by atoms with E-state index >= 15 is 0 Å². The molecular weight excluding hydrogens is 200 g/mol. The number of Topliss-reactive ketones (excluding diaryl/α,β-unsaturated/α-hetero) is 1. The first-order chi connectivity index (χ1) is 7.04. The minimum absolute atomic E-state index is 0.0355. The molecule has 0 unspecified atom stereocenters. The first-order valence-corrected chi connectivity index (χ1v) is 4.16. The monoisotopic (exact) mass is 208 g/mol. The van der Waals surface area contributed by atoms with Crippen molar-refractivity contribution in [3.8, 4) is 6.07 Å². The third kappa shape index (κ3) is 2.60. The Morgan fingerprint density at radius 1 is 1.80 bits per heavy atom. The second-order valence-corrected chi connectivity index (χ2v) is 2.95. The summed E-state index contributed by atoms with van der Waals surface area (Å²) in [7, 11) is 0. The van der Waals surface area contributed by atoms with Gasteiger partial charge >= 0.3 is 5.82 Å². The number of hydrogen-bond acceptors (Lipinski definition) is 5. The third-order valence-electron chi connectivity index (χ3n) is 1.73. The predicted octanol–water partition coefficient (Wildman–Crippen LogP) is 0.642. The van der Waals surface area contributed by atoms with Crippen molar-refractivity contribution < 1.29 is 9.72 Å². The van der Waals surface area contributed by atoms with Crippen molar-refractivity contribution in [2.75, 3.05) is 0 Å². The Bertz CT molecular complexity index is 443. The van der Waals surface area contributed by atoms with Crippen molar-refractivity contribution in [1.29, 1.82) is 5.26 Å². The number of aryl methyl sites for hydroxylation is 1. The maximum atomic E-state index is 10.7. The van der Waals surface area contributed by atoms with E-state index in [1.54, 1.807) is 6.07 Å². The quantitative estimate of drug-likeness (QED) is 0.533. The van der Waals surface area contributed by atoms with Crippen molar-refractivity contribution in [2.45, 2.75) is 19.9 Å². The summed E-state index contributed by atoms with van der Waals surface area (Å²) in [4.78, 5) is 20.4. The average molecular weight is 208 g/mol. The van der Waals surface area contributed by atoms with Gasteiger partial charge in [-0.25, -0.2) is 0 Å². The molecule has 0 fully saturated rings. The zero-order chi connectivity index (χ0) is 11.4. The fourth-order valence-corrected chi connectivity index (χ4v) is 1.01. The molecule has 0 aliphatic rings. The molecule has 0 saturated carbocycles. The van der Waals surface area contributed by atoms with Crippen molar-refractivity contribution in [3.05, 3.63) is 21.9 Å².